The molecule has 3 amide bonds. The van der Waals surface area contributed by atoms with Gasteiger partial charge in [0.05, 0.1) is 12.5 Å². The molecule has 5 rings (SSSR count). The lowest BCUT2D eigenvalue weighted by molar-refractivity contribution is -0.133. The Morgan fingerprint density at radius 1 is 1.06 bits per heavy atom. The molecule has 1 aliphatic carbocycles. The first-order chi connectivity index (χ1) is 16.4. The molecule has 0 radical (unpaired) electrons. The van der Waals surface area contributed by atoms with Crippen LogP contribution in [0.4, 0.5) is 5.69 Å². The highest BCUT2D eigenvalue weighted by molar-refractivity contribution is 6.00. The van der Waals surface area contributed by atoms with Crippen molar-refractivity contribution in [2.45, 2.75) is 44.6 Å². The minimum absolute atomic E-state index is 0.0383. The van der Waals surface area contributed by atoms with Crippen LogP contribution in [-0.4, -0.2) is 43.3 Å². The van der Waals surface area contributed by atoms with Crippen LogP contribution in [0.3, 0.4) is 0 Å². The molecule has 0 aromatic heterocycles. The van der Waals surface area contributed by atoms with E-state index >= 15 is 0 Å². The number of rotatable bonds is 4. The molecule has 0 bridgehead atoms. The Morgan fingerprint density at radius 2 is 1.82 bits per heavy atom. The number of hydrogen-bond donors (Lipinski definition) is 2. The molecular weight excluding hydrogens is 428 g/mol. The fraction of sp³-hybridized carbons (Fsp3) is 0.444. The zero-order valence-corrected chi connectivity index (χ0v) is 19.8. The Morgan fingerprint density at radius 3 is 2.59 bits per heavy atom. The molecule has 34 heavy (non-hydrogen) atoms. The van der Waals surface area contributed by atoms with E-state index in [1.165, 1.54) is 6.42 Å². The number of nitrogens with zero attached hydrogens (tertiary/aromatic N) is 2. The molecule has 2 aliphatic heterocycles. The highest BCUT2D eigenvalue weighted by Gasteiger charge is 2.40. The first kappa shape index (κ1) is 22.6. The van der Waals surface area contributed by atoms with Gasteiger partial charge in [0.2, 0.25) is 11.8 Å². The van der Waals surface area contributed by atoms with Crippen LogP contribution in [-0.2, 0) is 22.4 Å². The minimum Gasteiger partial charge on any atom is -0.345 e. The molecule has 2 aromatic carbocycles. The quantitative estimate of drug-likeness (QED) is 0.735. The highest BCUT2D eigenvalue weighted by Crippen LogP contribution is 2.40. The lowest BCUT2D eigenvalue weighted by Gasteiger charge is -2.41. The molecule has 2 N–H and O–H groups in total. The van der Waals surface area contributed by atoms with E-state index in [0.29, 0.717) is 24.4 Å². The Hall–Kier alpha value is -3.19. The monoisotopic (exact) mass is 460 g/mol. The molecular formula is C27H32N4O3. The van der Waals surface area contributed by atoms with Crippen molar-refractivity contribution in [2.24, 2.45) is 11.8 Å². The largest absolute Gasteiger partial charge is 0.345 e. The SMILES string of the molecule is CN(C)C(=O)c1ccc2c(c1)N(C(=O)Cc1ccc(C3NNC(=O)C4CCCCC43)cc1)CC2. The summed E-state index contributed by atoms with van der Waals surface area (Å²) in [4.78, 5) is 41.2. The van der Waals surface area contributed by atoms with Crippen molar-refractivity contribution in [3.8, 4) is 0 Å². The number of hydrogen-bond acceptors (Lipinski definition) is 4. The summed E-state index contributed by atoms with van der Waals surface area (Å²) in [7, 11) is 3.46. The van der Waals surface area contributed by atoms with Crippen molar-refractivity contribution >= 4 is 23.4 Å². The van der Waals surface area contributed by atoms with Crippen molar-refractivity contribution in [2.75, 3.05) is 25.5 Å². The van der Waals surface area contributed by atoms with Crippen molar-refractivity contribution in [1.29, 1.82) is 0 Å². The van der Waals surface area contributed by atoms with Gasteiger partial charge < -0.3 is 9.80 Å². The molecule has 0 spiro atoms. The van der Waals surface area contributed by atoms with Gasteiger partial charge in [-0.05, 0) is 54.0 Å². The summed E-state index contributed by atoms with van der Waals surface area (Å²) in [6.45, 7) is 0.640. The van der Waals surface area contributed by atoms with Crippen LogP contribution < -0.4 is 15.8 Å². The molecule has 7 heteroatoms. The van der Waals surface area contributed by atoms with Crippen LogP contribution in [0.15, 0.2) is 42.5 Å². The van der Waals surface area contributed by atoms with E-state index < -0.39 is 0 Å². The van der Waals surface area contributed by atoms with Gasteiger partial charge in [0, 0.05) is 37.8 Å². The van der Waals surface area contributed by atoms with E-state index in [0.717, 1.165) is 48.1 Å². The zero-order chi connectivity index (χ0) is 23.8. The number of carbonyl (C=O) groups is 3. The number of benzene rings is 2. The van der Waals surface area contributed by atoms with Gasteiger partial charge in [0.15, 0.2) is 0 Å². The van der Waals surface area contributed by atoms with Gasteiger partial charge in [0.25, 0.3) is 5.91 Å². The highest BCUT2D eigenvalue weighted by atomic mass is 16.2. The first-order valence-electron chi connectivity index (χ1n) is 12.2. The molecule has 2 fully saturated rings. The summed E-state index contributed by atoms with van der Waals surface area (Å²) in [5, 5.41) is 0. The lowest BCUT2D eigenvalue weighted by atomic mass is 9.72. The van der Waals surface area contributed by atoms with Gasteiger partial charge in [-0.25, -0.2) is 5.43 Å². The van der Waals surface area contributed by atoms with Crippen molar-refractivity contribution in [1.82, 2.24) is 15.8 Å². The predicted octanol–water partition coefficient (Wildman–Crippen LogP) is 3.00. The van der Waals surface area contributed by atoms with Crippen molar-refractivity contribution in [3.05, 3.63) is 64.7 Å². The van der Waals surface area contributed by atoms with E-state index in [2.05, 4.69) is 23.0 Å². The van der Waals surface area contributed by atoms with Gasteiger partial charge in [0.1, 0.15) is 0 Å². The number of nitrogens with one attached hydrogen (secondary N) is 2. The minimum atomic E-state index is -0.0644. The average Bonchev–Trinajstić information content (AvgIpc) is 3.28. The summed E-state index contributed by atoms with van der Waals surface area (Å²) in [5.41, 5.74) is 10.7. The number of carbonyl (C=O) groups excluding carboxylic acids is 3. The third-order valence-corrected chi connectivity index (χ3v) is 7.56. The molecule has 1 saturated carbocycles. The molecule has 2 aromatic rings. The second-order valence-corrected chi connectivity index (χ2v) is 9.92. The van der Waals surface area contributed by atoms with Gasteiger partial charge in [-0.1, -0.05) is 43.2 Å². The van der Waals surface area contributed by atoms with Gasteiger partial charge >= 0.3 is 0 Å². The maximum absolute atomic E-state index is 13.2. The molecule has 2 heterocycles. The van der Waals surface area contributed by atoms with Crippen LogP contribution in [0, 0.1) is 11.8 Å². The molecule has 178 valence electrons. The summed E-state index contributed by atoms with van der Waals surface area (Å²) in [6.07, 6.45) is 5.42. The molecule has 7 nitrogen and oxygen atoms in total. The Labute approximate surface area is 200 Å². The summed E-state index contributed by atoms with van der Waals surface area (Å²) < 4.78 is 0. The van der Waals surface area contributed by atoms with E-state index in [-0.39, 0.29) is 29.7 Å². The summed E-state index contributed by atoms with van der Waals surface area (Å²) in [5.74, 6) is 0.488. The predicted molar refractivity (Wildman–Crippen MR) is 130 cm³/mol. The van der Waals surface area contributed by atoms with Crippen LogP contribution in [0.5, 0.6) is 0 Å². The Bertz CT molecular complexity index is 1110. The van der Waals surface area contributed by atoms with Crippen LogP contribution in [0.25, 0.3) is 0 Å². The summed E-state index contributed by atoms with van der Waals surface area (Å²) in [6, 6.07) is 13.9. The van der Waals surface area contributed by atoms with Gasteiger partial charge in [-0.15, -0.1) is 0 Å². The van der Waals surface area contributed by atoms with Crippen molar-refractivity contribution < 1.29 is 14.4 Å². The second kappa shape index (κ2) is 9.22. The third kappa shape index (κ3) is 4.20. The Balaban J connectivity index is 1.28. The molecule has 3 aliphatic rings. The van der Waals surface area contributed by atoms with Crippen LogP contribution in [0.1, 0.15) is 58.8 Å². The van der Waals surface area contributed by atoms with Crippen LogP contribution >= 0.6 is 0 Å². The lowest BCUT2D eigenvalue weighted by Crippen LogP contribution is -2.55. The van der Waals surface area contributed by atoms with Gasteiger partial charge in [-0.2, -0.15) is 0 Å². The third-order valence-electron chi connectivity index (χ3n) is 7.56. The fourth-order valence-electron chi connectivity index (χ4n) is 5.71. The zero-order valence-electron chi connectivity index (χ0n) is 19.8. The number of hydrazine groups is 1. The maximum atomic E-state index is 13.2. The fourth-order valence-corrected chi connectivity index (χ4v) is 5.71. The normalized spacial score (nSPS) is 23.6. The molecule has 3 unspecified atom stereocenters. The Kier molecular flexibility index (Phi) is 6.13. The first-order valence-corrected chi connectivity index (χ1v) is 12.2. The molecule has 1 saturated heterocycles. The van der Waals surface area contributed by atoms with Crippen molar-refractivity contribution in [3.63, 3.8) is 0 Å². The smallest absolute Gasteiger partial charge is 0.253 e. The average molecular weight is 461 g/mol. The summed E-state index contributed by atoms with van der Waals surface area (Å²) >= 11 is 0. The maximum Gasteiger partial charge on any atom is 0.253 e. The standard InChI is InChI=1S/C27H32N4O3/c1-30(2)27(34)20-12-11-18-13-14-31(23(18)16-20)24(32)15-17-7-9-19(10-8-17)25-21-5-3-4-6-22(21)26(33)29-28-25/h7-12,16,21-22,25,28H,3-6,13-15H2,1-2H3,(H,29,33). The van der Waals surface area contributed by atoms with E-state index in [4.69, 9.17) is 0 Å². The van der Waals surface area contributed by atoms with Gasteiger partial charge in [-0.3, -0.25) is 19.8 Å². The second-order valence-electron chi connectivity index (χ2n) is 9.92. The van der Waals surface area contributed by atoms with E-state index in [1.807, 2.05) is 30.3 Å². The number of anilines is 1. The van der Waals surface area contributed by atoms with E-state index in [9.17, 15) is 14.4 Å². The topological polar surface area (TPSA) is 81.8 Å². The number of amides is 3. The van der Waals surface area contributed by atoms with E-state index in [1.54, 1.807) is 23.9 Å². The van der Waals surface area contributed by atoms with Crippen LogP contribution in [0.2, 0.25) is 0 Å². The molecule has 3 atom stereocenters. The number of fused-ring (bicyclic) bond motifs is 2.